The van der Waals surface area contributed by atoms with Gasteiger partial charge in [0.25, 0.3) is 10.0 Å². The van der Waals surface area contributed by atoms with E-state index >= 15 is 0 Å². The summed E-state index contributed by atoms with van der Waals surface area (Å²) in [7, 11) is -3.71. The zero-order chi connectivity index (χ0) is 18.2. The Morgan fingerprint density at radius 3 is 2.36 bits per heavy atom. The highest BCUT2D eigenvalue weighted by Crippen LogP contribution is 2.40. The highest BCUT2D eigenvalue weighted by Gasteiger charge is 2.40. The second-order valence-electron chi connectivity index (χ2n) is 7.16. The number of hydrogen-bond acceptors (Lipinski definition) is 3. The molecule has 132 valence electrons. The number of hydrazone groups is 1. The number of nitrogens with zero attached hydrogens (tertiary/aromatic N) is 2. The fraction of sp³-hybridized carbons (Fsp3) is 0.316. The van der Waals surface area contributed by atoms with Crippen LogP contribution >= 0.6 is 15.9 Å². The molecule has 0 fully saturated rings. The van der Waals surface area contributed by atoms with Gasteiger partial charge in [-0.2, -0.15) is 17.9 Å². The first-order chi connectivity index (χ1) is 11.7. The molecule has 0 spiro atoms. The smallest absolute Gasteiger partial charge is 0.200 e. The highest BCUT2D eigenvalue weighted by atomic mass is 79.9. The number of rotatable bonds is 3. The van der Waals surface area contributed by atoms with Gasteiger partial charge in [-0.15, -0.1) is 0 Å². The third-order valence-electron chi connectivity index (χ3n) is 4.26. The van der Waals surface area contributed by atoms with E-state index in [0.29, 0.717) is 6.42 Å². The summed E-state index contributed by atoms with van der Waals surface area (Å²) in [6, 6.07) is 15.9. The molecule has 0 N–H and O–H groups in total. The van der Waals surface area contributed by atoms with Crippen LogP contribution in [0.5, 0.6) is 0 Å². The maximum atomic E-state index is 13.2. The van der Waals surface area contributed by atoms with E-state index in [4.69, 9.17) is 0 Å². The summed E-state index contributed by atoms with van der Waals surface area (Å²) >= 11 is 3.47. The van der Waals surface area contributed by atoms with Gasteiger partial charge in [0.05, 0.1) is 10.9 Å². The number of halogens is 1. The van der Waals surface area contributed by atoms with Crippen molar-refractivity contribution < 1.29 is 8.42 Å². The molecule has 0 amide bonds. The van der Waals surface area contributed by atoms with Crippen LogP contribution in [0.2, 0.25) is 0 Å². The van der Waals surface area contributed by atoms with E-state index in [1.54, 1.807) is 30.3 Å². The Balaban J connectivity index is 2.10. The second kappa shape index (κ2) is 6.57. The van der Waals surface area contributed by atoms with Crippen molar-refractivity contribution in [3.63, 3.8) is 0 Å². The molecule has 1 aliphatic heterocycles. The van der Waals surface area contributed by atoms with E-state index < -0.39 is 10.0 Å². The molecule has 3 rings (SSSR count). The van der Waals surface area contributed by atoms with Crippen LogP contribution < -0.4 is 0 Å². The molecule has 1 aliphatic rings. The molecule has 1 unspecified atom stereocenters. The Morgan fingerprint density at radius 2 is 1.76 bits per heavy atom. The van der Waals surface area contributed by atoms with Crippen molar-refractivity contribution in [1.82, 2.24) is 4.41 Å². The fourth-order valence-corrected chi connectivity index (χ4v) is 4.70. The summed E-state index contributed by atoms with van der Waals surface area (Å²) in [6.07, 6.45) is 0.589. The van der Waals surface area contributed by atoms with Crippen molar-refractivity contribution >= 4 is 31.7 Å². The summed E-state index contributed by atoms with van der Waals surface area (Å²) in [6.45, 7) is 6.17. The Labute approximate surface area is 157 Å². The molecule has 0 aliphatic carbocycles. The molecule has 2 aromatic carbocycles. The monoisotopic (exact) mass is 420 g/mol. The van der Waals surface area contributed by atoms with Crippen LogP contribution in [0.4, 0.5) is 0 Å². The average molecular weight is 421 g/mol. The van der Waals surface area contributed by atoms with Crippen molar-refractivity contribution in [3.8, 4) is 0 Å². The molecule has 1 heterocycles. The van der Waals surface area contributed by atoms with Crippen LogP contribution in [0.1, 0.15) is 38.8 Å². The summed E-state index contributed by atoms with van der Waals surface area (Å²) in [5, 5.41) is 4.54. The van der Waals surface area contributed by atoms with Gasteiger partial charge in [-0.1, -0.05) is 67.0 Å². The molecule has 2 aromatic rings. The summed E-state index contributed by atoms with van der Waals surface area (Å²) in [5.74, 6) is 0. The number of sulfonamides is 1. The molecule has 0 bridgehead atoms. The first-order valence-electron chi connectivity index (χ1n) is 8.12. The van der Waals surface area contributed by atoms with Gasteiger partial charge < -0.3 is 0 Å². The minimum Gasteiger partial charge on any atom is -0.200 e. The highest BCUT2D eigenvalue weighted by molar-refractivity contribution is 9.10. The quantitative estimate of drug-likeness (QED) is 0.702. The topological polar surface area (TPSA) is 49.7 Å². The molecule has 1 atom stereocenters. The first-order valence-corrected chi connectivity index (χ1v) is 10.4. The second-order valence-corrected chi connectivity index (χ2v) is 9.87. The lowest BCUT2D eigenvalue weighted by atomic mass is 9.86. The SMILES string of the molecule is CC(C)(C)C1=NN(S(=O)(=O)c2ccccc2)C(c2cccc(Br)c2)C1. The van der Waals surface area contributed by atoms with E-state index in [1.165, 1.54) is 4.41 Å². The van der Waals surface area contributed by atoms with Gasteiger partial charge in [0.1, 0.15) is 0 Å². The first kappa shape index (κ1) is 18.1. The molecule has 0 saturated heterocycles. The van der Waals surface area contributed by atoms with Crippen molar-refractivity contribution in [2.45, 2.75) is 38.1 Å². The Morgan fingerprint density at radius 1 is 1.08 bits per heavy atom. The lowest BCUT2D eigenvalue weighted by molar-refractivity contribution is 0.371. The van der Waals surface area contributed by atoms with Gasteiger partial charge >= 0.3 is 0 Å². The van der Waals surface area contributed by atoms with Crippen LogP contribution in [0.25, 0.3) is 0 Å². The van der Waals surface area contributed by atoms with Gasteiger partial charge in [-0.25, -0.2) is 0 Å². The molecular weight excluding hydrogens is 400 g/mol. The van der Waals surface area contributed by atoms with Crippen LogP contribution in [-0.2, 0) is 10.0 Å². The van der Waals surface area contributed by atoms with Crippen LogP contribution in [0.15, 0.2) is 69.1 Å². The molecule has 25 heavy (non-hydrogen) atoms. The third-order valence-corrected chi connectivity index (χ3v) is 6.45. The van der Waals surface area contributed by atoms with E-state index in [-0.39, 0.29) is 16.4 Å². The van der Waals surface area contributed by atoms with Crippen molar-refractivity contribution in [2.75, 3.05) is 0 Å². The lowest BCUT2D eigenvalue weighted by Gasteiger charge is -2.23. The molecular formula is C19H21BrN2O2S. The van der Waals surface area contributed by atoms with Gasteiger partial charge in [-0.3, -0.25) is 0 Å². The minimum absolute atomic E-state index is 0.189. The molecule has 4 nitrogen and oxygen atoms in total. The number of hydrogen-bond donors (Lipinski definition) is 0. The predicted octanol–water partition coefficient (Wildman–Crippen LogP) is 4.99. The van der Waals surface area contributed by atoms with E-state index in [0.717, 1.165) is 15.7 Å². The fourth-order valence-electron chi connectivity index (χ4n) is 2.83. The van der Waals surface area contributed by atoms with Crippen LogP contribution in [-0.4, -0.2) is 18.5 Å². The predicted molar refractivity (Wildman–Crippen MR) is 104 cm³/mol. The maximum Gasteiger partial charge on any atom is 0.279 e. The normalized spacial score (nSPS) is 18.3. The Kier molecular flexibility index (Phi) is 4.77. The van der Waals surface area contributed by atoms with Gasteiger partial charge in [-0.05, 0) is 29.8 Å². The minimum atomic E-state index is -3.71. The molecule has 0 saturated carbocycles. The van der Waals surface area contributed by atoms with Gasteiger partial charge in [0.2, 0.25) is 0 Å². The zero-order valence-electron chi connectivity index (χ0n) is 14.5. The lowest BCUT2D eigenvalue weighted by Crippen LogP contribution is -2.27. The van der Waals surface area contributed by atoms with Crippen molar-refractivity contribution in [1.29, 1.82) is 0 Å². The van der Waals surface area contributed by atoms with E-state index in [9.17, 15) is 8.42 Å². The third kappa shape index (κ3) is 3.65. The van der Waals surface area contributed by atoms with Crippen molar-refractivity contribution in [3.05, 3.63) is 64.6 Å². The van der Waals surface area contributed by atoms with Gasteiger partial charge in [0.15, 0.2) is 0 Å². The van der Waals surface area contributed by atoms with E-state index in [1.807, 2.05) is 24.3 Å². The molecule has 0 aromatic heterocycles. The van der Waals surface area contributed by atoms with Crippen LogP contribution in [0.3, 0.4) is 0 Å². The average Bonchev–Trinajstić information content (AvgIpc) is 3.02. The number of benzene rings is 2. The van der Waals surface area contributed by atoms with Crippen LogP contribution in [0, 0.1) is 5.41 Å². The largest absolute Gasteiger partial charge is 0.279 e. The molecule has 6 heteroatoms. The maximum absolute atomic E-state index is 13.2. The van der Waals surface area contributed by atoms with Gasteiger partial charge in [0, 0.05) is 22.0 Å². The summed E-state index contributed by atoms with van der Waals surface area (Å²) < 4.78 is 28.6. The summed E-state index contributed by atoms with van der Waals surface area (Å²) in [4.78, 5) is 0.258. The zero-order valence-corrected chi connectivity index (χ0v) is 16.9. The summed E-state index contributed by atoms with van der Waals surface area (Å²) in [5.41, 5.74) is 1.62. The van der Waals surface area contributed by atoms with Crippen molar-refractivity contribution in [2.24, 2.45) is 10.5 Å². The van der Waals surface area contributed by atoms with E-state index in [2.05, 4.69) is 41.8 Å². The Hall–Kier alpha value is -1.66. The molecule has 0 radical (unpaired) electrons. The Bertz CT molecular complexity index is 903. The standard InChI is InChI=1S/C19H21BrN2O2S/c1-19(2,3)18-13-17(14-8-7-9-15(20)12-14)22(21-18)25(23,24)16-10-5-4-6-11-16/h4-12,17H,13H2,1-3H3.